The van der Waals surface area contributed by atoms with Crippen LogP contribution >= 0.6 is 21.6 Å². The van der Waals surface area contributed by atoms with Crippen molar-refractivity contribution in [1.29, 1.82) is 10.8 Å². The first-order valence-corrected chi connectivity index (χ1v) is 41.1. The highest BCUT2D eigenvalue weighted by Gasteiger charge is 2.52. The average molecular weight is 1690 g/mol. The molecule has 4 aliphatic rings. The van der Waals surface area contributed by atoms with Crippen molar-refractivity contribution in [3.05, 3.63) is 164 Å². The van der Waals surface area contributed by atoms with E-state index < -0.39 is 119 Å². The number of anilines is 2. The number of carbonyl (C=O) groups excluding carboxylic acids is 8. The standard InChI is InChI=1S/C83H100N18O17S2/c1-10-53-42(2)60-35-65-57-23-20-56(45(5)115-7)72(79(114)117-9)83(57,6)68(98-65)37-61-44(4)55(22-26-70(106)116-8)64(97-61)36-63-54(43(3)59(96-63)34-62(53)95-60)21-25-69(105)92-40-71(107)118-29-30-119-120-41-49(77(110)111)33-67(104)48(14-12-28-90-81(86)87)32-66(103)47(13-11-27-89-80(84)85)31-52(102)19-24-58(78(112)113)99-75(108)46-15-17-50(18-16-46)91-38-51-39-93-74-73(94-51)76(109)101-82(88)100-74/h10,15-18,20,23,34-37,39,47-49,58,72,91,96,98H,1,5,11-14,19,21-22,24-33,38,40-41H2,2-4,6-9H3,(H,92,105)(H,99,108)(H,110,111)(H,112,113)(H4,84,85,89)(H4,86,87,90)(H3,88,93,100,101,109)/t47-,48-,49+,58+,72-,83+/m1/s1. The Hall–Kier alpha value is -12.8. The topological polar surface area (TPSA) is 563 Å². The van der Waals surface area contributed by atoms with Gasteiger partial charge in [-0.2, -0.15) is 4.98 Å². The van der Waals surface area contributed by atoms with Crippen LogP contribution in [0.3, 0.4) is 0 Å². The monoisotopic (exact) mass is 1680 g/mol. The molecular formula is C83H100N18O17S2. The van der Waals surface area contributed by atoms with Crippen LogP contribution in [0.25, 0.3) is 50.1 Å². The van der Waals surface area contributed by atoms with Gasteiger partial charge >= 0.3 is 29.8 Å². The van der Waals surface area contributed by atoms with Gasteiger partial charge in [0.25, 0.3) is 11.5 Å². The summed E-state index contributed by atoms with van der Waals surface area (Å²) in [4.78, 5) is 179. The van der Waals surface area contributed by atoms with Crippen molar-refractivity contribution in [2.24, 2.45) is 35.1 Å². The number of Topliss-reactive ketones (excluding diaryl/α,β-unsaturated/α-hetero) is 3. The number of carboxylic acids is 2. The van der Waals surface area contributed by atoms with Gasteiger partial charge in [0.05, 0.1) is 73.9 Å². The van der Waals surface area contributed by atoms with Gasteiger partial charge in [0.2, 0.25) is 11.9 Å². The van der Waals surface area contributed by atoms with E-state index in [0.29, 0.717) is 62.2 Å². The number of nitrogens with zero attached hydrogens (tertiary/aromatic N) is 5. The molecule has 7 heterocycles. The number of benzene rings is 1. The van der Waals surface area contributed by atoms with Crippen molar-refractivity contribution >= 4 is 154 Å². The number of rotatable bonds is 44. The minimum Gasteiger partial charge on any atom is -0.497 e. The summed E-state index contributed by atoms with van der Waals surface area (Å²) < 4.78 is 21.6. The van der Waals surface area contributed by atoms with Crippen LogP contribution < -0.4 is 49.3 Å². The minimum absolute atomic E-state index is 0.00952. The van der Waals surface area contributed by atoms with E-state index in [-0.39, 0.29) is 149 Å². The lowest BCUT2D eigenvalue weighted by Crippen LogP contribution is -2.41. The predicted octanol–water partition coefficient (Wildman–Crippen LogP) is 7.77. The molecule has 8 bridgehead atoms. The molecule has 4 aromatic heterocycles. The number of nitrogens with two attached hydrogens (primary N) is 3. The zero-order valence-corrected chi connectivity index (χ0v) is 69.3. The van der Waals surface area contributed by atoms with Crippen molar-refractivity contribution in [2.75, 3.05) is 70.1 Å². The number of aromatic amines is 3. The van der Waals surface area contributed by atoms with Crippen molar-refractivity contribution < 1.29 is 77.1 Å². The number of ketones is 3. The second-order valence-corrected chi connectivity index (χ2v) is 31.8. The molecule has 0 fully saturated rings. The number of nitrogen functional groups attached to an aromatic ring is 1. The van der Waals surface area contributed by atoms with Crippen LogP contribution in [0.15, 0.2) is 102 Å². The molecule has 0 saturated heterocycles. The van der Waals surface area contributed by atoms with Gasteiger partial charge in [-0.3, -0.25) is 63.7 Å². The van der Waals surface area contributed by atoms with Crippen LogP contribution in [0.5, 0.6) is 0 Å². The summed E-state index contributed by atoms with van der Waals surface area (Å²) in [5.74, 6) is -11.8. The SMILES string of the molecule is C=CC1=C(C)c2cc3[nH]c(cc4nc(cc5[nH]c(cc1n2)c(C)c5CCC(=O)NCC(=O)OCCSSC[C@H](CC(=O)[C@H](CCCNC(=N)N)CC(=O)[C@H](CCCNC(=N)N)CC(=O)CC[C@H](NC(=O)c1ccc(NCc2cnc5nc(N)[nH]c(=O)c5n2)cc1)C(=O)O)C(=O)O)C(CCC(=O)OC)=C4C)[C@]1(C)C3=CC=C(C(=C)OC)[C@@H]1C(=O)OC. The van der Waals surface area contributed by atoms with Crippen LogP contribution in [-0.4, -0.2) is 186 Å². The third kappa shape index (κ3) is 23.3. The predicted molar refractivity (Wildman–Crippen MR) is 455 cm³/mol. The summed E-state index contributed by atoms with van der Waals surface area (Å²) in [6.07, 6.45) is 5.96. The van der Waals surface area contributed by atoms with Gasteiger partial charge < -0.3 is 82.9 Å². The first-order chi connectivity index (χ1) is 57.2. The van der Waals surface area contributed by atoms with E-state index in [9.17, 15) is 63.0 Å². The summed E-state index contributed by atoms with van der Waals surface area (Å²) in [5, 5.41) is 49.2. The highest BCUT2D eigenvalue weighted by atomic mass is 33.1. The molecule has 1 aliphatic carbocycles. The molecule has 0 unspecified atom stereocenters. The Balaban J connectivity index is 0.800. The number of aliphatic carboxylic acids is 2. The first kappa shape index (κ1) is 91.1. The molecular weight excluding hydrogens is 1590 g/mol. The molecule has 5 aromatic rings. The Kier molecular flexibility index (Phi) is 31.9. The normalized spacial score (nSPS) is 15.4. The van der Waals surface area contributed by atoms with Crippen molar-refractivity contribution in [2.45, 2.75) is 129 Å². The maximum atomic E-state index is 14.4. The third-order valence-corrected chi connectivity index (χ3v) is 23.7. The Morgan fingerprint density at radius 1 is 0.717 bits per heavy atom. The maximum absolute atomic E-state index is 14.4. The lowest BCUT2D eigenvalue weighted by atomic mass is 9.64. The second kappa shape index (κ2) is 42.0. The van der Waals surface area contributed by atoms with Gasteiger partial charge in [-0.05, 0) is 155 Å². The Labute approximate surface area is 698 Å². The average Bonchev–Trinajstić information content (AvgIpc) is 1.55. The molecule has 18 N–H and O–H groups in total. The van der Waals surface area contributed by atoms with E-state index in [1.54, 1.807) is 18.2 Å². The number of carbonyl (C=O) groups is 10. The van der Waals surface area contributed by atoms with Crippen LogP contribution in [-0.2, 0) is 80.5 Å². The van der Waals surface area contributed by atoms with E-state index in [2.05, 4.69) is 69.6 Å². The molecule has 35 nitrogen and oxygen atoms in total. The number of allylic oxidation sites excluding steroid dienone is 9. The maximum Gasteiger partial charge on any atom is 0.326 e. The summed E-state index contributed by atoms with van der Waals surface area (Å²) in [6.45, 7) is 15.8. The minimum atomic E-state index is -1.53. The van der Waals surface area contributed by atoms with Gasteiger partial charge in [-0.25, -0.2) is 24.7 Å². The zero-order chi connectivity index (χ0) is 87.2. The van der Waals surface area contributed by atoms with E-state index in [4.69, 9.17) is 56.9 Å². The Morgan fingerprint density at radius 3 is 2.03 bits per heavy atom. The quantitative estimate of drug-likeness (QED) is 0.00336. The van der Waals surface area contributed by atoms with Crippen molar-refractivity contribution in [1.82, 2.24) is 61.1 Å². The van der Waals surface area contributed by atoms with Crippen LogP contribution in [0.2, 0.25) is 0 Å². The van der Waals surface area contributed by atoms with Crippen LogP contribution in [0.1, 0.15) is 159 Å². The number of carboxylic acid groups (broad SMARTS) is 2. The molecule has 636 valence electrons. The van der Waals surface area contributed by atoms with E-state index in [0.717, 1.165) is 49.8 Å². The zero-order valence-electron chi connectivity index (χ0n) is 67.7. The molecule has 0 spiro atoms. The number of aryl methyl sites for hydroxylation is 2. The largest absolute Gasteiger partial charge is 0.497 e. The fourth-order valence-corrected chi connectivity index (χ4v) is 16.7. The van der Waals surface area contributed by atoms with E-state index in [1.165, 1.54) is 50.5 Å². The van der Waals surface area contributed by atoms with Gasteiger partial charge in [0.1, 0.15) is 48.2 Å². The molecule has 0 saturated carbocycles. The number of amides is 2. The number of guanidine groups is 2. The van der Waals surface area contributed by atoms with E-state index >= 15 is 0 Å². The summed E-state index contributed by atoms with van der Waals surface area (Å²) in [7, 11) is 6.43. The number of aromatic nitrogens is 8. The van der Waals surface area contributed by atoms with E-state index in [1.807, 2.05) is 64.1 Å². The Bertz CT molecular complexity index is 5300. The molecule has 120 heavy (non-hydrogen) atoms. The number of H-pyrrole nitrogens is 3. The molecule has 1 aromatic carbocycles. The van der Waals surface area contributed by atoms with Crippen LogP contribution in [0, 0.1) is 41.4 Å². The van der Waals surface area contributed by atoms with Gasteiger partial charge in [-0.1, -0.05) is 53.0 Å². The molecule has 37 heteroatoms. The highest BCUT2D eigenvalue weighted by molar-refractivity contribution is 8.76. The first-order valence-electron chi connectivity index (χ1n) is 38.7. The molecule has 6 atom stereocenters. The highest BCUT2D eigenvalue weighted by Crippen LogP contribution is 2.54. The molecule has 3 aliphatic heterocycles. The number of methoxy groups -OCH3 is 3. The number of hydrogen-bond donors (Lipinski definition) is 15. The summed E-state index contributed by atoms with van der Waals surface area (Å²) in [6, 6.07) is 12.1. The van der Waals surface area contributed by atoms with Crippen molar-refractivity contribution in [3.8, 4) is 0 Å². The van der Waals surface area contributed by atoms with Crippen molar-refractivity contribution in [3.63, 3.8) is 0 Å². The molecule has 0 radical (unpaired) electrons. The molecule has 9 rings (SSSR count). The van der Waals surface area contributed by atoms with Gasteiger partial charge in [-0.15, -0.1) is 0 Å². The number of fused-ring (bicyclic) bond motifs is 12. The number of nitrogens with one attached hydrogen (secondary N) is 10. The number of ether oxygens (including phenoxy) is 4. The van der Waals surface area contributed by atoms with Gasteiger partial charge in [0.15, 0.2) is 23.1 Å². The fourth-order valence-electron chi connectivity index (χ4n) is 14.6. The lowest BCUT2D eigenvalue weighted by molar-refractivity contribution is -0.146. The van der Waals surface area contributed by atoms with Crippen LogP contribution in [0.4, 0.5) is 11.6 Å². The molecule has 2 amide bonds. The second-order valence-electron chi connectivity index (χ2n) is 29.2. The summed E-state index contributed by atoms with van der Waals surface area (Å²) >= 11 is 0. The van der Waals surface area contributed by atoms with Gasteiger partial charge in [0, 0.05) is 120 Å². The lowest BCUT2D eigenvalue weighted by Gasteiger charge is -2.38. The fraction of sp³-hybridized carbons (Fsp3) is 0.398. The number of esters is 3. The Morgan fingerprint density at radius 2 is 1.38 bits per heavy atom. The third-order valence-electron chi connectivity index (χ3n) is 21.2. The number of hydrogen-bond acceptors (Lipinski definition) is 26. The smallest absolute Gasteiger partial charge is 0.326 e. The summed E-state index contributed by atoms with van der Waals surface area (Å²) in [5.41, 5.74) is 26.9.